The molecule has 0 bridgehead atoms. The van der Waals surface area contributed by atoms with Crippen molar-refractivity contribution in [2.45, 2.75) is 11.3 Å². The second-order valence-corrected chi connectivity index (χ2v) is 6.25. The summed E-state index contributed by atoms with van der Waals surface area (Å²) >= 11 is 2.52. The summed E-state index contributed by atoms with van der Waals surface area (Å²) in [6.07, 6.45) is 0. The van der Waals surface area contributed by atoms with Gasteiger partial charge in [-0.1, -0.05) is 23.1 Å². The van der Waals surface area contributed by atoms with Gasteiger partial charge in [0, 0.05) is 0 Å². The van der Waals surface area contributed by atoms with E-state index >= 15 is 0 Å². The molecule has 7 nitrogen and oxygen atoms in total. The van der Waals surface area contributed by atoms with Crippen LogP contribution >= 0.6 is 23.1 Å². The lowest BCUT2D eigenvalue weighted by Gasteiger charge is -2.05. The summed E-state index contributed by atoms with van der Waals surface area (Å²) in [4.78, 5) is 21.8. The number of nitrogens with one attached hydrogen (secondary N) is 1. The number of carbonyl (C=O) groups is 1. The lowest BCUT2D eigenvalue weighted by Crippen LogP contribution is -2.15. The number of halogens is 1. The van der Waals surface area contributed by atoms with E-state index < -0.39 is 22.3 Å². The molecule has 2 aromatic rings. The van der Waals surface area contributed by atoms with Gasteiger partial charge in [0.2, 0.25) is 5.91 Å². The Morgan fingerprint density at radius 1 is 1.52 bits per heavy atom. The van der Waals surface area contributed by atoms with Gasteiger partial charge in [-0.25, -0.2) is 4.39 Å². The summed E-state index contributed by atoms with van der Waals surface area (Å²) in [7, 11) is 0. The number of hydrogen-bond donors (Lipinski definition) is 1. The maximum absolute atomic E-state index is 13.0. The molecule has 0 aliphatic carbocycles. The Kier molecular flexibility index (Phi) is 4.81. The third kappa shape index (κ3) is 4.20. The Morgan fingerprint density at radius 3 is 2.90 bits per heavy atom. The lowest BCUT2D eigenvalue weighted by atomic mass is 10.2. The van der Waals surface area contributed by atoms with Crippen molar-refractivity contribution in [2.24, 2.45) is 0 Å². The van der Waals surface area contributed by atoms with E-state index in [-0.39, 0.29) is 11.4 Å². The van der Waals surface area contributed by atoms with Crippen molar-refractivity contribution >= 4 is 40.4 Å². The number of thioether (sulfide) groups is 1. The van der Waals surface area contributed by atoms with Gasteiger partial charge in [0.1, 0.15) is 16.5 Å². The van der Waals surface area contributed by atoms with Gasteiger partial charge in [0.15, 0.2) is 4.34 Å². The van der Waals surface area contributed by atoms with Crippen LogP contribution < -0.4 is 5.32 Å². The third-order valence-electron chi connectivity index (χ3n) is 2.26. The first-order valence-electron chi connectivity index (χ1n) is 5.62. The number of benzene rings is 1. The van der Waals surface area contributed by atoms with E-state index in [4.69, 9.17) is 0 Å². The van der Waals surface area contributed by atoms with Crippen LogP contribution in [0.1, 0.15) is 5.01 Å². The lowest BCUT2D eigenvalue weighted by molar-refractivity contribution is -0.384. The van der Waals surface area contributed by atoms with Crippen molar-refractivity contribution in [1.82, 2.24) is 10.2 Å². The highest BCUT2D eigenvalue weighted by atomic mass is 32.2. The van der Waals surface area contributed by atoms with Crippen molar-refractivity contribution in [3.8, 4) is 0 Å². The van der Waals surface area contributed by atoms with Crippen LogP contribution in [-0.4, -0.2) is 26.8 Å². The molecule has 1 aromatic carbocycles. The zero-order valence-corrected chi connectivity index (χ0v) is 12.3. The topological polar surface area (TPSA) is 98.0 Å². The van der Waals surface area contributed by atoms with Crippen LogP contribution in [0.4, 0.5) is 15.8 Å². The van der Waals surface area contributed by atoms with Crippen LogP contribution in [0.2, 0.25) is 0 Å². The summed E-state index contributed by atoms with van der Waals surface area (Å²) in [5, 5.41) is 21.6. The highest BCUT2D eigenvalue weighted by molar-refractivity contribution is 8.01. The van der Waals surface area contributed by atoms with E-state index in [1.807, 2.05) is 0 Å². The van der Waals surface area contributed by atoms with Crippen molar-refractivity contribution in [3.05, 3.63) is 39.1 Å². The van der Waals surface area contributed by atoms with Gasteiger partial charge < -0.3 is 5.32 Å². The zero-order valence-electron chi connectivity index (χ0n) is 10.7. The summed E-state index contributed by atoms with van der Waals surface area (Å²) < 4.78 is 13.6. The van der Waals surface area contributed by atoms with E-state index in [1.54, 1.807) is 6.92 Å². The van der Waals surface area contributed by atoms with Crippen LogP contribution in [0.15, 0.2) is 22.5 Å². The molecule has 0 aliphatic rings. The van der Waals surface area contributed by atoms with Gasteiger partial charge in [0.05, 0.1) is 16.7 Å². The number of anilines is 1. The highest BCUT2D eigenvalue weighted by Crippen LogP contribution is 2.26. The number of aromatic nitrogens is 2. The molecule has 0 fully saturated rings. The van der Waals surface area contributed by atoms with Gasteiger partial charge in [-0.2, -0.15) is 0 Å². The quantitative estimate of drug-likeness (QED) is 0.515. The van der Waals surface area contributed by atoms with E-state index in [0.29, 0.717) is 4.34 Å². The first-order chi connectivity index (χ1) is 9.95. The maximum Gasteiger partial charge on any atom is 0.295 e. The Balaban J connectivity index is 2.01. The molecule has 21 heavy (non-hydrogen) atoms. The molecule has 0 radical (unpaired) electrons. The summed E-state index contributed by atoms with van der Waals surface area (Å²) in [5.74, 6) is -1.15. The fourth-order valence-electron chi connectivity index (χ4n) is 1.41. The molecule has 0 atom stereocenters. The number of amides is 1. The van der Waals surface area contributed by atoms with Crippen LogP contribution in [0.5, 0.6) is 0 Å². The summed E-state index contributed by atoms with van der Waals surface area (Å²) in [6, 6.07) is 2.96. The predicted molar refractivity (Wildman–Crippen MR) is 77.1 cm³/mol. The van der Waals surface area contributed by atoms with Gasteiger partial charge in [-0.3, -0.25) is 14.9 Å². The minimum absolute atomic E-state index is 0.0309. The molecular formula is C11H9FN4O3S2. The molecule has 0 saturated heterocycles. The molecule has 1 heterocycles. The maximum atomic E-state index is 13.0. The van der Waals surface area contributed by atoms with Crippen LogP contribution in [0, 0.1) is 22.9 Å². The van der Waals surface area contributed by atoms with Crippen LogP contribution in [0.25, 0.3) is 0 Å². The number of nitrogens with zero attached hydrogens (tertiary/aromatic N) is 3. The fourth-order valence-corrected chi connectivity index (χ4v) is 3.03. The van der Waals surface area contributed by atoms with Crippen molar-refractivity contribution < 1.29 is 14.1 Å². The van der Waals surface area contributed by atoms with E-state index in [1.165, 1.54) is 23.1 Å². The number of aryl methyl sites for hydroxylation is 1. The molecule has 1 N–H and O–H groups in total. The molecule has 110 valence electrons. The molecule has 1 aromatic heterocycles. The monoisotopic (exact) mass is 328 g/mol. The summed E-state index contributed by atoms with van der Waals surface area (Å²) in [6.45, 7) is 1.80. The first-order valence-corrected chi connectivity index (χ1v) is 7.42. The van der Waals surface area contributed by atoms with Crippen molar-refractivity contribution in [2.75, 3.05) is 11.1 Å². The number of carbonyl (C=O) groups excluding carboxylic acids is 1. The average molecular weight is 328 g/mol. The Hall–Kier alpha value is -2.07. The van der Waals surface area contributed by atoms with Crippen molar-refractivity contribution in [3.63, 3.8) is 0 Å². The highest BCUT2D eigenvalue weighted by Gasteiger charge is 2.17. The smallest absolute Gasteiger partial charge is 0.295 e. The molecule has 0 aliphatic heterocycles. The average Bonchev–Trinajstić information content (AvgIpc) is 2.84. The van der Waals surface area contributed by atoms with E-state index in [0.717, 1.165) is 23.2 Å². The van der Waals surface area contributed by atoms with Gasteiger partial charge in [-0.15, -0.1) is 10.2 Å². The fraction of sp³-hybridized carbons (Fsp3) is 0.182. The van der Waals surface area contributed by atoms with E-state index in [2.05, 4.69) is 15.5 Å². The van der Waals surface area contributed by atoms with Gasteiger partial charge in [-0.05, 0) is 19.1 Å². The van der Waals surface area contributed by atoms with Gasteiger partial charge in [0.25, 0.3) is 5.69 Å². The third-order valence-corrected chi connectivity index (χ3v) is 4.24. The number of nitro groups is 1. The second-order valence-electron chi connectivity index (χ2n) is 3.84. The molecule has 0 spiro atoms. The summed E-state index contributed by atoms with van der Waals surface area (Å²) in [5.41, 5.74) is -0.527. The molecule has 10 heteroatoms. The minimum atomic E-state index is -0.750. The van der Waals surface area contributed by atoms with Crippen molar-refractivity contribution in [1.29, 1.82) is 0 Å². The number of rotatable bonds is 5. The number of nitro benzene ring substituents is 1. The largest absolute Gasteiger partial charge is 0.320 e. The molecule has 1 amide bonds. The SMILES string of the molecule is Cc1nnc(SCC(=O)Nc2ccc(F)cc2[N+](=O)[O-])s1. The normalized spacial score (nSPS) is 10.4. The second kappa shape index (κ2) is 6.59. The first kappa shape index (κ1) is 15.3. The molecule has 0 unspecified atom stereocenters. The standard InChI is InChI=1S/C11H9FN4O3S2/c1-6-14-15-11(21-6)20-5-10(17)13-8-3-2-7(12)4-9(8)16(18)19/h2-4H,5H2,1H3,(H,13,17). The van der Waals surface area contributed by atoms with Crippen LogP contribution in [-0.2, 0) is 4.79 Å². The Labute approximate surface area is 126 Å². The zero-order chi connectivity index (χ0) is 15.4. The minimum Gasteiger partial charge on any atom is -0.320 e. The molecule has 0 saturated carbocycles. The van der Waals surface area contributed by atoms with Gasteiger partial charge >= 0.3 is 0 Å². The predicted octanol–water partition coefficient (Wildman–Crippen LogP) is 2.62. The Morgan fingerprint density at radius 2 is 2.29 bits per heavy atom. The molecular weight excluding hydrogens is 319 g/mol. The number of hydrogen-bond acceptors (Lipinski definition) is 7. The van der Waals surface area contributed by atoms with E-state index in [9.17, 15) is 19.3 Å². The molecule has 2 rings (SSSR count). The Bertz CT molecular complexity index is 692. The van der Waals surface area contributed by atoms with Crippen LogP contribution in [0.3, 0.4) is 0 Å².